The normalized spacial score (nSPS) is 15.1. The molecule has 0 radical (unpaired) electrons. The second kappa shape index (κ2) is 10.4. The molecular formula is C39H64. The molecular weight excluding hydrogens is 468 g/mol. The molecule has 0 saturated heterocycles. The number of hydrogen-bond acceptors (Lipinski definition) is 0. The minimum atomic E-state index is 0.0498. The monoisotopic (exact) mass is 533 g/mol. The van der Waals surface area contributed by atoms with Gasteiger partial charge in [-0.2, -0.15) is 0 Å². The molecule has 0 nitrogen and oxygen atoms in total. The van der Waals surface area contributed by atoms with Crippen molar-refractivity contribution in [1.29, 1.82) is 0 Å². The van der Waals surface area contributed by atoms with Gasteiger partial charge in [-0.1, -0.05) is 156 Å². The fraction of sp³-hybridized carbons (Fsp3) is 0.692. The summed E-state index contributed by atoms with van der Waals surface area (Å²) in [4.78, 5) is 0. The third-order valence-electron chi connectivity index (χ3n) is 8.24. The van der Waals surface area contributed by atoms with E-state index in [0.29, 0.717) is 5.92 Å². The first-order valence-electron chi connectivity index (χ1n) is 15.4. The van der Waals surface area contributed by atoms with Crippen molar-refractivity contribution < 1.29 is 0 Å². The van der Waals surface area contributed by atoms with Crippen LogP contribution in [0.15, 0.2) is 24.3 Å². The summed E-state index contributed by atoms with van der Waals surface area (Å²) in [5.41, 5.74) is 12.8. The van der Waals surface area contributed by atoms with Crippen LogP contribution >= 0.6 is 0 Å². The van der Waals surface area contributed by atoms with Gasteiger partial charge in [-0.3, -0.25) is 0 Å². The zero-order valence-corrected chi connectivity index (χ0v) is 29.6. The Morgan fingerprint density at radius 2 is 0.821 bits per heavy atom. The first-order chi connectivity index (χ1) is 17.1. The lowest BCUT2D eigenvalue weighted by atomic mass is 9.63. The van der Waals surface area contributed by atoms with Crippen molar-refractivity contribution >= 4 is 0 Å². The molecule has 0 aliphatic heterocycles. The second-order valence-electron chi connectivity index (χ2n) is 18.6. The van der Waals surface area contributed by atoms with Gasteiger partial charge in [0, 0.05) is 0 Å². The first kappa shape index (κ1) is 33.6. The summed E-state index contributed by atoms with van der Waals surface area (Å²) >= 11 is 0. The van der Waals surface area contributed by atoms with Crippen LogP contribution < -0.4 is 0 Å². The molecule has 0 saturated carbocycles. The highest BCUT2D eigenvalue weighted by atomic mass is 14.4. The average molecular weight is 533 g/mol. The molecule has 39 heavy (non-hydrogen) atoms. The molecule has 1 unspecified atom stereocenters. The van der Waals surface area contributed by atoms with Gasteiger partial charge in [0.2, 0.25) is 0 Å². The maximum absolute atomic E-state index is 2.59. The molecule has 1 atom stereocenters. The van der Waals surface area contributed by atoms with Crippen LogP contribution in [0.1, 0.15) is 182 Å². The summed E-state index contributed by atoms with van der Waals surface area (Å²) in [6, 6.07) is 9.70. The highest BCUT2D eigenvalue weighted by molar-refractivity contribution is 5.57. The van der Waals surface area contributed by atoms with Crippen LogP contribution in [0.25, 0.3) is 0 Å². The average Bonchev–Trinajstić information content (AvgIpc) is 2.67. The molecule has 2 aromatic rings. The van der Waals surface area contributed by atoms with Gasteiger partial charge in [0.15, 0.2) is 0 Å². The summed E-state index contributed by atoms with van der Waals surface area (Å²) in [7, 11) is 0. The lowest BCUT2D eigenvalue weighted by Gasteiger charge is -2.41. The molecule has 0 heterocycles. The van der Waals surface area contributed by atoms with Crippen molar-refractivity contribution in [3.05, 3.63) is 68.8 Å². The van der Waals surface area contributed by atoms with Gasteiger partial charge in [-0.25, -0.2) is 0 Å². The van der Waals surface area contributed by atoms with Gasteiger partial charge < -0.3 is 0 Å². The summed E-state index contributed by atoms with van der Waals surface area (Å²) in [5.74, 6) is 0.409. The van der Waals surface area contributed by atoms with Crippen LogP contribution in [0.3, 0.4) is 0 Å². The fourth-order valence-electron chi connectivity index (χ4n) is 6.70. The molecule has 2 rings (SSSR count). The van der Waals surface area contributed by atoms with Crippen LogP contribution in [0.2, 0.25) is 0 Å². The molecule has 0 aromatic heterocycles. The van der Waals surface area contributed by atoms with E-state index in [1.54, 1.807) is 22.3 Å². The quantitative estimate of drug-likeness (QED) is 0.369. The van der Waals surface area contributed by atoms with Crippen molar-refractivity contribution in [3.63, 3.8) is 0 Å². The Balaban J connectivity index is 3.10. The summed E-state index contributed by atoms with van der Waals surface area (Å²) in [6.45, 7) is 45.7. The van der Waals surface area contributed by atoms with E-state index in [2.05, 4.69) is 156 Å². The first-order valence-corrected chi connectivity index (χ1v) is 15.4. The largest absolute Gasteiger partial charge is 0.0617 e. The highest BCUT2D eigenvalue weighted by Crippen LogP contribution is 2.48. The topological polar surface area (TPSA) is 0 Å². The number of hydrogen-bond donors (Lipinski definition) is 0. The second-order valence-corrected chi connectivity index (χ2v) is 18.6. The zero-order chi connectivity index (χ0) is 30.7. The Morgan fingerprint density at radius 3 is 1.13 bits per heavy atom. The van der Waals surface area contributed by atoms with Crippen LogP contribution in [0, 0.1) is 0 Å². The van der Waals surface area contributed by atoms with Crippen LogP contribution in [0.4, 0.5) is 0 Å². The standard InChI is InChI=1S/C39H64/c1-25(26-21-20-22-28(34(2,3)4)31(26)37(11,12)13)23-27-32(38(14,15)16)29(35(5,6)7)24-30(36(8,9)10)33(27)39(17,18)19/h20-22,24-25H,23H2,1-19H3. The molecule has 0 amide bonds. The third kappa shape index (κ3) is 7.40. The fourth-order valence-corrected chi connectivity index (χ4v) is 6.70. The Hall–Kier alpha value is -1.56. The summed E-state index contributed by atoms with van der Waals surface area (Å²) in [5, 5.41) is 0. The zero-order valence-electron chi connectivity index (χ0n) is 29.6. The Morgan fingerprint density at radius 1 is 0.462 bits per heavy atom. The van der Waals surface area contributed by atoms with E-state index in [1.807, 2.05) is 0 Å². The van der Waals surface area contributed by atoms with Crippen molar-refractivity contribution in [2.75, 3.05) is 0 Å². The van der Waals surface area contributed by atoms with Gasteiger partial charge in [0.1, 0.15) is 0 Å². The molecule has 0 N–H and O–H groups in total. The Kier molecular flexibility index (Phi) is 8.94. The van der Waals surface area contributed by atoms with Gasteiger partial charge in [-0.05, 0) is 89.3 Å². The van der Waals surface area contributed by atoms with E-state index in [-0.39, 0.29) is 32.5 Å². The summed E-state index contributed by atoms with van der Waals surface area (Å²) in [6.07, 6.45) is 1.06. The van der Waals surface area contributed by atoms with Crippen molar-refractivity contribution in [2.45, 2.75) is 176 Å². The lowest BCUT2D eigenvalue weighted by Crippen LogP contribution is -2.32. The maximum Gasteiger partial charge on any atom is -0.0126 e. The van der Waals surface area contributed by atoms with E-state index in [4.69, 9.17) is 0 Å². The molecule has 0 heteroatoms. The molecule has 2 aromatic carbocycles. The molecule has 0 fully saturated rings. The predicted molar refractivity (Wildman–Crippen MR) is 177 cm³/mol. The van der Waals surface area contributed by atoms with Crippen molar-refractivity contribution in [2.24, 2.45) is 0 Å². The van der Waals surface area contributed by atoms with Crippen LogP contribution in [-0.2, 0) is 38.9 Å². The number of rotatable bonds is 3. The lowest BCUT2D eigenvalue weighted by molar-refractivity contribution is 0.486. The Bertz CT molecular complexity index is 1110. The number of benzene rings is 2. The highest BCUT2D eigenvalue weighted by Gasteiger charge is 2.37. The van der Waals surface area contributed by atoms with Crippen molar-refractivity contribution in [1.82, 2.24) is 0 Å². The van der Waals surface area contributed by atoms with Crippen LogP contribution in [0.5, 0.6) is 0 Å². The van der Waals surface area contributed by atoms with E-state index in [0.717, 1.165) is 6.42 Å². The molecule has 0 aliphatic rings. The smallest absolute Gasteiger partial charge is 0.0126 e. The molecule has 0 spiro atoms. The van der Waals surface area contributed by atoms with Gasteiger partial charge in [-0.15, -0.1) is 0 Å². The molecule has 0 aliphatic carbocycles. The van der Waals surface area contributed by atoms with Crippen molar-refractivity contribution in [3.8, 4) is 0 Å². The SMILES string of the molecule is CC(Cc1c(C(C)(C)C)c(C(C)(C)C)cc(C(C)(C)C)c1C(C)(C)C)c1cccc(C(C)(C)C)c1C(C)(C)C. The van der Waals surface area contributed by atoms with Gasteiger partial charge in [0.25, 0.3) is 0 Å². The van der Waals surface area contributed by atoms with Gasteiger partial charge >= 0.3 is 0 Å². The van der Waals surface area contributed by atoms with E-state index in [1.165, 1.54) is 22.3 Å². The Labute approximate surface area is 244 Å². The third-order valence-corrected chi connectivity index (χ3v) is 8.24. The van der Waals surface area contributed by atoms with E-state index in [9.17, 15) is 0 Å². The molecule has 0 bridgehead atoms. The maximum atomic E-state index is 2.59. The van der Waals surface area contributed by atoms with Crippen LogP contribution in [-0.4, -0.2) is 0 Å². The molecule has 220 valence electrons. The summed E-state index contributed by atoms with van der Waals surface area (Å²) < 4.78 is 0. The minimum absolute atomic E-state index is 0.0498. The van der Waals surface area contributed by atoms with E-state index >= 15 is 0 Å². The minimum Gasteiger partial charge on any atom is -0.0617 e. The van der Waals surface area contributed by atoms with E-state index < -0.39 is 0 Å². The van der Waals surface area contributed by atoms with Gasteiger partial charge in [0.05, 0.1) is 0 Å². The predicted octanol–water partition coefficient (Wildman–Crippen LogP) is 11.8.